The van der Waals surface area contributed by atoms with Crippen LogP contribution in [-0.4, -0.2) is 12.1 Å². The molecule has 0 N–H and O–H groups in total. The molecular weight excluding hydrogens is 178 g/mol. The summed E-state index contributed by atoms with van der Waals surface area (Å²) in [5.74, 6) is -0.453. The lowest BCUT2D eigenvalue weighted by Gasteiger charge is -2.11. The van der Waals surface area contributed by atoms with Crippen LogP contribution in [0.25, 0.3) is 0 Å². The van der Waals surface area contributed by atoms with E-state index in [0.29, 0.717) is 5.57 Å². The van der Waals surface area contributed by atoms with Crippen molar-refractivity contribution in [3.8, 4) is 6.07 Å². The van der Waals surface area contributed by atoms with Gasteiger partial charge in [-0.1, -0.05) is 19.9 Å². The van der Waals surface area contributed by atoms with Gasteiger partial charge in [-0.15, -0.1) is 0 Å². The van der Waals surface area contributed by atoms with Gasteiger partial charge in [0.05, 0.1) is 6.07 Å². The van der Waals surface area contributed by atoms with Gasteiger partial charge in [-0.05, 0) is 19.4 Å². The van der Waals surface area contributed by atoms with Crippen LogP contribution in [0.1, 0.15) is 26.7 Å². The minimum atomic E-state index is -0.453. The lowest BCUT2D eigenvalue weighted by molar-refractivity contribution is -0.141. The number of nitrogens with zero attached hydrogens (tertiary/aromatic N) is 1. The molecule has 0 saturated heterocycles. The molecule has 0 amide bonds. The molecule has 3 heteroatoms. The second-order valence-electron chi connectivity index (χ2n) is 2.93. The van der Waals surface area contributed by atoms with Gasteiger partial charge in [0, 0.05) is 11.6 Å². The molecule has 0 aromatic carbocycles. The van der Waals surface area contributed by atoms with Crippen molar-refractivity contribution in [2.24, 2.45) is 0 Å². The fraction of sp³-hybridized carbons (Fsp3) is 0.455. The number of esters is 1. The van der Waals surface area contributed by atoms with Gasteiger partial charge in [-0.3, -0.25) is 0 Å². The highest BCUT2D eigenvalue weighted by Gasteiger charge is 2.08. The Hall–Kier alpha value is -1.56. The Morgan fingerprint density at radius 3 is 2.79 bits per heavy atom. The third-order valence-electron chi connectivity index (χ3n) is 1.62. The van der Waals surface area contributed by atoms with Gasteiger partial charge in [0.2, 0.25) is 0 Å². The largest absolute Gasteiger partial charge is 0.455 e. The summed E-state index contributed by atoms with van der Waals surface area (Å²) in [5, 5.41) is 8.56. The monoisotopic (exact) mass is 193 g/mol. The molecule has 0 spiro atoms. The van der Waals surface area contributed by atoms with E-state index in [-0.39, 0.29) is 6.10 Å². The number of hydrogen-bond donors (Lipinski definition) is 0. The molecule has 0 aliphatic heterocycles. The number of rotatable bonds is 5. The lowest BCUT2D eigenvalue weighted by atomic mass is 10.1. The molecule has 0 bridgehead atoms. The van der Waals surface area contributed by atoms with Crippen LogP contribution in [-0.2, 0) is 9.53 Å². The zero-order chi connectivity index (χ0) is 11.0. The smallest absolute Gasteiger partial charge is 0.330 e. The van der Waals surface area contributed by atoms with Crippen LogP contribution < -0.4 is 0 Å². The fourth-order valence-electron chi connectivity index (χ4n) is 0.974. The third-order valence-corrected chi connectivity index (χ3v) is 1.62. The summed E-state index contributed by atoms with van der Waals surface area (Å²) >= 11 is 0. The lowest BCUT2D eigenvalue weighted by Crippen LogP contribution is -2.14. The van der Waals surface area contributed by atoms with Gasteiger partial charge in [0.25, 0.3) is 0 Å². The van der Waals surface area contributed by atoms with Crippen molar-refractivity contribution in [1.29, 1.82) is 5.26 Å². The van der Waals surface area contributed by atoms with Gasteiger partial charge in [0.1, 0.15) is 6.10 Å². The normalized spacial score (nSPS) is 12.8. The number of ether oxygens (including phenoxy) is 1. The first-order chi connectivity index (χ1) is 6.63. The maximum absolute atomic E-state index is 10.9. The van der Waals surface area contributed by atoms with Gasteiger partial charge in [-0.25, -0.2) is 4.79 Å². The van der Waals surface area contributed by atoms with Crippen LogP contribution in [0, 0.1) is 11.3 Å². The molecule has 0 aliphatic carbocycles. The van der Waals surface area contributed by atoms with E-state index in [4.69, 9.17) is 10.00 Å². The van der Waals surface area contributed by atoms with Crippen LogP contribution in [0.15, 0.2) is 24.3 Å². The summed E-state index contributed by atoms with van der Waals surface area (Å²) in [4.78, 5) is 10.9. The van der Waals surface area contributed by atoms with E-state index in [1.54, 1.807) is 13.0 Å². The first kappa shape index (κ1) is 12.4. The van der Waals surface area contributed by atoms with Crippen molar-refractivity contribution in [1.82, 2.24) is 0 Å². The minimum absolute atomic E-state index is 0.315. The topological polar surface area (TPSA) is 50.1 Å². The van der Waals surface area contributed by atoms with Gasteiger partial charge in [0.15, 0.2) is 0 Å². The maximum atomic E-state index is 10.9. The number of carbonyl (C=O) groups excluding carboxylic acids is 1. The van der Waals surface area contributed by atoms with E-state index in [9.17, 15) is 4.79 Å². The summed E-state index contributed by atoms with van der Waals surface area (Å²) in [7, 11) is 0. The van der Waals surface area contributed by atoms with E-state index < -0.39 is 5.97 Å². The molecule has 3 nitrogen and oxygen atoms in total. The summed E-state index contributed by atoms with van der Waals surface area (Å²) in [6.07, 6.45) is 4.08. The molecule has 0 saturated carbocycles. The highest BCUT2D eigenvalue weighted by molar-refractivity contribution is 5.81. The molecule has 1 unspecified atom stereocenters. The summed E-state index contributed by atoms with van der Waals surface area (Å²) in [6.45, 7) is 6.99. The zero-order valence-corrected chi connectivity index (χ0v) is 8.62. The average Bonchev–Trinajstić information content (AvgIpc) is 2.17. The van der Waals surface area contributed by atoms with E-state index >= 15 is 0 Å². The molecule has 1 atom stereocenters. The van der Waals surface area contributed by atoms with Crippen LogP contribution in [0.4, 0.5) is 0 Å². The van der Waals surface area contributed by atoms with Crippen LogP contribution in [0.5, 0.6) is 0 Å². The first-order valence-corrected chi connectivity index (χ1v) is 4.55. The minimum Gasteiger partial charge on any atom is -0.455 e. The number of allylic oxidation sites excluding steroid dienone is 1. The van der Waals surface area contributed by atoms with Crippen LogP contribution >= 0.6 is 0 Å². The Labute approximate surface area is 84.7 Å². The summed E-state index contributed by atoms with van der Waals surface area (Å²) in [5.41, 5.74) is 0.556. The Morgan fingerprint density at radius 1 is 1.71 bits per heavy atom. The van der Waals surface area contributed by atoms with Crippen molar-refractivity contribution in [2.45, 2.75) is 32.8 Å². The van der Waals surface area contributed by atoms with Crippen molar-refractivity contribution < 1.29 is 9.53 Å². The van der Waals surface area contributed by atoms with Gasteiger partial charge >= 0.3 is 5.97 Å². The average molecular weight is 193 g/mol. The molecule has 0 fully saturated rings. The van der Waals surface area contributed by atoms with Crippen molar-refractivity contribution >= 4 is 5.97 Å². The van der Waals surface area contributed by atoms with Gasteiger partial charge in [-0.2, -0.15) is 5.26 Å². The fourth-order valence-corrected chi connectivity index (χ4v) is 0.974. The molecule has 0 aliphatic rings. The first-order valence-electron chi connectivity index (χ1n) is 4.55. The van der Waals surface area contributed by atoms with Crippen LogP contribution in [0.2, 0.25) is 0 Å². The molecule has 14 heavy (non-hydrogen) atoms. The summed E-state index contributed by atoms with van der Waals surface area (Å²) in [6, 6.07) is 1.99. The Bertz CT molecular complexity index is 274. The van der Waals surface area contributed by atoms with E-state index in [2.05, 4.69) is 6.58 Å². The number of hydrogen-bond acceptors (Lipinski definition) is 3. The number of carbonyl (C=O) groups is 1. The Kier molecular flexibility index (Phi) is 6.13. The predicted octanol–water partition coefficient (Wildman–Crippen LogP) is 2.35. The number of nitriles is 1. The quantitative estimate of drug-likeness (QED) is 0.382. The molecule has 0 rings (SSSR count). The molecule has 0 aromatic rings. The SMILES string of the molecule is C=CC(=O)OC(/C=C(\C)C#N)CCC. The second kappa shape index (κ2) is 6.90. The Balaban J connectivity index is 4.37. The van der Waals surface area contributed by atoms with Crippen LogP contribution in [0.3, 0.4) is 0 Å². The van der Waals surface area contributed by atoms with E-state index in [1.165, 1.54) is 0 Å². The second-order valence-corrected chi connectivity index (χ2v) is 2.93. The van der Waals surface area contributed by atoms with Crippen molar-refractivity contribution in [3.05, 3.63) is 24.3 Å². The maximum Gasteiger partial charge on any atom is 0.330 e. The Morgan fingerprint density at radius 2 is 2.36 bits per heavy atom. The molecule has 0 radical (unpaired) electrons. The molecular formula is C11H15NO2. The van der Waals surface area contributed by atoms with Crippen molar-refractivity contribution in [2.75, 3.05) is 0 Å². The zero-order valence-electron chi connectivity index (χ0n) is 8.62. The molecule has 76 valence electrons. The standard InChI is InChI=1S/C11H15NO2/c1-4-6-10(7-9(3)8-12)14-11(13)5-2/h5,7,10H,2,4,6H2,1,3H3/b9-7+. The molecule has 0 aromatic heterocycles. The van der Waals surface area contributed by atoms with E-state index in [1.807, 2.05) is 13.0 Å². The molecule has 0 heterocycles. The highest BCUT2D eigenvalue weighted by Crippen LogP contribution is 2.07. The summed E-state index contributed by atoms with van der Waals surface area (Å²) < 4.78 is 5.03. The highest BCUT2D eigenvalue weighted by atomic mass is 16.5. The van der Waals surface area contributed by atoms with Crippen molar-refractivity contribution in [3.63, 3.8) is 0 Å². The van der Waals surface area contributed by atoms with Gasteiger partial charge < -0.3 is 4.74 Å². The predicted molar refractivity (Wildman–Crippen MR) is 54.4 cm³/mol. The third kappa shape index (κ3) is 5.15. The van der Waals surface area contributed by atoms with E-state index in [0.717, 1.165) is 18.9 Å².